The maximum absolute atomic E-state index is 13.2. The van der Waals surface area contributed by atoms with Crippen molar-refractivity contribution >= 4 is 32.5 Å². The van der Waals surface area contributed by atoms with Gasteiger partial charge in [-0.25, -0.2) is 4.79 Å². The van der Waals surface area contributed by atoms with Crippen molar-refractivity contribution in [3.05, 3.63) is 51.9 Å². The number of aromatic hydroxyl groups is 1. The summed E-state index contributed by atoms with van der Waals surface area (Å²) in [5, 5.41) is 45.0. The normalized spacial score (nSPS) is 26.6. The summed E-state index contributed by atoms with van der Waals surface area (Å²) >= 11 is 0. The van der Waals surface area contributed by atoms with Gasteiger partial charge >= 0.3 is 5.63 Å². The Morgan fingerprint density at radius 3 is 2.28 bits per heavy atom. The minimum atomic E-state index is -1.89. The van der Waals surface area contributed by atoms with Crippen LogP contribution in [0.4, 0.5) is 0 Å². The lowest BCUT2D eigenvalue weighted by Crippen LogP contribution is -2.61. The van der Waals surface area contributed by atoms with Gasteiger partial charge in [0.15, 0.2) is 0 Å². The van der Waals surface area contributed by atoms with Gasteiger partial charge in [-0.1, -0.05) is 6.07 Å². The zero-order valence-electron chi connectivity index (χ0n) is 20.5. The van der Waals surface area contributed by atoms with Gasteiger partial charge in [0.05, 0.1) is 31.1 Å². The monoisotopic (exact) mass is 496 g/mol. The Kier molecular flexibility index (Phi) is 5.64. The molecular weight excluding hydrogens is 468 g/mol. The van der Waals surface area contributed by atoms with Crippen molar-refractivity contribution in [1.29, 1.82) is 0 Å². The maximum Gasteiger partial charge on any atom is 0.344 e. The van der Waals surface area contributed by atoms with Crippen molar-refractivity contribution in [1.82, 2.24) is 0 Å². The van der Waals surface area contributed by atoms with Crippen molar-refractivity contribution < 1.29 is 39.1 Å². The molecular formula is C27H28O9. The standard InChI is InChI=1S/C27H28O9/c1-11-8-15-19(17(9-11)33-4)14-10-18(34-5)21-16(28)7-6-13(20(21)22(14)36-26(15)31)23-25(30)27(3,32)24(29)12(2)35-23/h6-10,12,23-25,28-30,32H,1-5H3/t12-,23+,24+,25+,27+/m1/s1. The number of aliphatic hydroxyl groups excluding tert-OH is 2. The Morgan fingerprint density at radius 1 is 0.944 bits per heavy atom. The van der Waals surface area contributed by atoms with E-state index < -0.39 is 35.6 Å². The summed E-state index contributed by atoms with van der Waals surface area (Å²) in [5.41, 5.74) is -1.22. The first-order chi connectivity index (χ1) is 17.0. The van der Waals surface area contributed by atoms with Gasteiger partial charge < -0.3 is 39.1 Å². The number of rotatable bonds is 3. The molecule has 5 atom stereocenters. The first kappa shape index (κ1) is 24.3. The third kappa shape index (κ3) is 3.35. The third-order valence-electron chi connectivity index (χ3n) is 7.18. The molecule has 4 N–H and O–H groups in total. The largest absolute Gasteiger partial charge is 0.507 e. The molecule has 9 heteroatoms. The number of aliphatic hydroxyl groups is 3. The molecule has 1 fully saturated rings. The fourth-order valence-electron chi connectivity index (χ4n) is 5.28. The Bertz CT molecular complexity index is 1570. The molecule has 0 saturated carbocycles. The van der Waals surface area contributed by atoms with Crippen LogP contribution < -0.4 is 15.1 Å². The highest BCUT2D eigenvalue weighted by Gasteiger charge is 2.51. The zero-order valence-corrected chi connectivity index (χ0v) is 20.5. The highest BCUT2D eigenvalue weighted by molar-refractivity contribution is 6.19. The van der Waals surface area contributed by atoms with E-state index in [9.17, 15) is 25.2 Å². The van der Waals surface area contributed by atoms with E-state index in [-0.39, 0.29) is 22.1 Å². The van der Waals surface area contributed by atoms with Gasteiger partial charge in [-0.15, -0.1) is 0 Å². The second-order valence-electron chi connectivity index (χ2n) is 9.54. The number of phenolic OH excluding ortho intramolecular Hbond substituents is 1. The van der Waals surface area contributed by atoms with E-state index in [0.29, 0.717) is 33.2 Å². The van der Waals surface area contributed by atoms with Crippen LogP contribution in [-0.2, 0) is 4.74 Å². The lowest BCUT2D eigenvalue weighted by atomic mass is 9.80. The number of phenols is 1. The van der Waals surface area contributed by atoms with Gasteiger partial charge in [-0.2, -0.15) is 0 Å². The molecule has 9 nitrogen and oxygen atoms in total. The maximum atomic E-state index is 13.2. The molecule has 3 aromatic carbocycles. The Hall–Kier alpha value is -3.37. The Morgan fingerprint density at radius 2 is 1.61 bits per heavy atom. The van der Waals surface area contributed by atoms with Gasteiger partial charge in [0.2, 0.25) is 0 Å². The van der Waals surface area contributed by atoms with Crippen LogP contribution in [-0.4, -0.2) is 58.6 Å². The van der Waals surface area contributed by atoms with E-state index in [1.165, 1.54) is 33.3 Å². The van der Waals surface area contributed by atoms with Crippen LogP contribution in [0.1, 0.15) is 31.1 Å². The van der Waals surface area contributed by atoms with Gasteiger partial charge in [-0.05, 0) is 56.2 Å². The van der Waals surface area contributed by atoms with Gasteiger partial charge in [0.25, 0.3) is 0 Å². The summed E-state index contributed by atoms with van der Waals surface area (Å²) in [4.78, 5) is 13.2. The molecule has 5 rings (SSSR count). The van der Waals surface area contributed by atoms with Crippen molar-refractivity contribution in [3.8, 4) is 17.2 Å². The highest BCUT2D eigenvalue weighted by atomic mass is 16.5. The smallest absolute Gasteiger partial charge is 0.344 e. The quantitative estimate of drug-likeness (QED) is 0.249. The summed E-state index contributed by atoms with van der Waals surface area (Å²) in [6, 6.07) is 8.11. The number of benzene rings is 3. The molecule has 1 aliphatic heterocycles. The number of hydrogen-bond acceptors (Lipinski definition) is 9. The van der Waals surface area contributed by atoms with Crippen molar-refractivity contribution in [2.24, 2.45) is 0 Å². The van der Waals surface area contributed by atoms with Crippen LogP contribution in [0.15, 0.2) is 39.5 Å². The van der Waals surface area contributed by atoms with Crippen LogP contribution >= 0.6 is 0 Å². The van der Waals surface area contributed by atoms with Crippen LogP contribution in [0.2, 0.25) is 0 Å². The molecule has 1 aromatic heterocycles. The van der Waals surface area contributed by atoms with E-state index in [2.05, 4.69) is 0 Å². The van der Waals surface area contributed by atoms with Gasteiger partial charge in [-0.3, -0.25) is 0 Å². The SMILES string of the molecule is COc1cc2c(oc(=O)c3cc(C)cc(OC)c32)c2c([C@@H]3O[C@H](C)[C@H](O)[C@](C)(O)[C@H]3O)ccc(O)c12. The van der Waals surface area contributed by atoms with E-state index in [4.69, 9.17) is 18.6 Å². The summed E-state index contributed by atoms with van der Waals surface area (Å²) in [6.45, 7) is 4.75. The van der Waals surface area contributed by atoms with E-state index in [0.717, 1.165) is 5.56 Å². The topological polar surface area (TPSA) is 139 Å². The molecule has 190 valence electrons. The summed E-state index contributed by atoms with van der Waals surface area (Å²) in [5.74, 6) is 0.607. The molecule has 1 aliphatic rings. The van der Waals surface area contributed by atoms with E-state index in [1.807, 2.05) is 6.92 Å². The number of methoxy groups -OCH3 is 2. The first-order valence-corrected chi connectivity index (χ1v) is 11.5. The molecule has 36 heavy (non-hydrogen) atoms. The average molecular weight is 497 g/mol. The fraction of sp³-hybridized carbons (Fsp3) is 0.370. The van der Waals surface area contributed by atoms with Crippen molar-refractivity contribution in [3.63, 3.8) is 0 Å². The van der Waals surface area contributed by atoms with Crippen LogP contribution in [0, 0.1) is 6.92 Å². The molecule has 0 unspecified atom stereocenters. The lowest BCUT2D eigenvalue weighted by Gasteiger charge is -2.46. The lowest BCUT2D eigenvalue weighted by molar-refractivity contribution is -0.261. The number of ether oxygens (including phenoxy) is 3. The van der Waals surface area contributed by atoms with Gasteiger partial charge in [0.1, 0.15) is 46.7 Å². The molecule has 2 heterocycles. The molecule has 0 bridgehead atoms. The van der Waals surface area contributed by atoms with Crippen LogP contribution in [0.3, 0.4) is 0 Å². The predicted octanol–water partition coefficient (Wildman–Crippen LogP) is 3.06. The highest BCUT2D eigenvalue weighted by Crippen LogP contribution is 2.48. The first-order valence-electron chi connectivity index (χ1n) is 11.5. The van der Waals surface area contributed by atoms with Gasteiger partial charge in [0, 0.05) is 16.2 Å². The average Bonchev–Trinajstić information content (AvgIpc) is 2.85. The Balaban J connectivity index is 1.97. The number of aryl methyl sites for hydroxylation is 1. The molecule has 0 spiro atoms. The van der Waals surface area contributed by atoms with Crippen LogP contribution in [0.5, 0.6) is 17.2 Å². The molecule has 1 saturated heterocycles. The Labute approximate surface area is 206 Å². The summed E-state index contributed by atoms with van der Waals surface area (Å²) in [7, 11) is 2.95. The second-order valence-corrected chi connectivity index (χ2v) is 9.54. The molecule has 4 aromatic rings. The number of hydrogen-bond donors (Lipinski definition) is 4. The number of fused-ring (bicyclic) bond motifs is 5. The molecule has 0 aliphatic carbocycles. The molecule has 0 radical (unpaired) electrons. The summed E-state index contributed by atoms with van der Waals surface area (Å²) in [6.07, 6.45) is -4.84. The summed E-state index contributed by atoms with van der Waals surface area (Å²) < 4.78 is 23.0. The predicted molar refractivity (Wildman–Crippen MR) is 133 cm³/mol. The van der Waals surface area contributed by atoms with Crippen molar-refractivity contribution in [2.45, 2.75) is 50.8 Å². The minimum absolute atomic E-state index is 0.130. The molecule has 0 amide bonds. The van der Waals surface area contributed by atoms with E-state index >= 15 is 0 Å². The minimum Gasteiger partial charge on any atom is -0.507 e. The van der Waals surface area contributed by atoms with Crippen LogP contribution in [0.25, 0.3) is 32.5 Å². The fourth-order valence-corrected chi connectivity index (χ4v) is 5.28. The van der Waals surface area contributed by atoms with E-state index in [1.54, 1.807) is 25.1 Å². The third-order valence-corrected chi connectivity index (χ3v) is 7.18. The zero-order chi connectivity index (χ0) is 26.1. The second kappa shape index (κ2) is 8.35. The van der Waals surface area contributed by atoms with Crippen molar-refractivity contribution in [2.75, 3.05) is 14.2 Å².